The van der Waals surface area contributed by atoms with Crippen molar-refractivity contribution in [3.63, 3.8) is 0 Å². The number of nitrogens with one attached hydrogen (secondary N) is 1. The Labute approximate surface area is 122 Å². The summed E-state index contributed by atoms with van der Waals surface area (Å²) < 4.78 is 0. The van der Waals surface area contributed by atoms with Crippen LogP contribution in [0.3, 0.4) is 0 Å². The predicted octanol–water partition coefficient (Wildman–Crippen LogP) is 0.735. The second-order valence-corrected chi connectivity index (χ2v) is 5.18. The predicted molar refractivity (Wildman–Crippen MR) is 78.4 cm³/mol. The second kappa shape index (κ2) is 9.15. The SMILES string of the molecule is CNCCC1CCN(C(=O)CC(=O)N(C)C)CC1.Cl. The Balaban J connectivity index is 0.00000324. The summed E-state index contributed by atoms with van der Waals surface area (Å²) in [6.07, 6.45) is 3.30. The zero-order chi connectivity index (χ0) is 13.5. The van der Waals surface area contributed by atoms with Gasteiger partial charge in [0.15, 0.2) is 0 Å². The monoisotopic (exact) mass is 291 g/mol. The van der Waals surface area contributed by atoms with E-state index in [2.05, 4.69) is 5.32 Å². The molecule has 2 amide bonds. The number of piperidine rings is 1. The molecule has 0 unspecified atom stereocenters. The van der Waals surface area contributed by atoms with Crippen molar-refractivity contribution in [2.45, 2.75) is 25.7 Å². The van der Waals surface area contributed by atoms with Crippen LogP contribution >= 0.6 is 12.4 Å². The molecule has 0 aromatic rings. The fraction of sp³-hybridized carbons (Fsp3) is 0.846. The Kier molecular flexibility index (Phi) is 8.76. The van der Waals surface area contributed by atoms with Gasteiger partial charge in [-0.15, -0.1) is 12.4 Å². The van der Waals surface area contributed by atoms with Crippen molar-refractivity contribution in [3.8, 4) is 0 Å². The maximum atomic E-state index is 11.9. The lowest BCUT2D eigenvalue weighted by Crippen LogP contribution is -2.41. The fourth-order valence-corrected chi connectivity index (χ4v) is 2.22. The summed E-state index contributed by atoms with van der Waals surface area (Å²) in [6, 6.07) is 0. The molecule has 1 aliphatic heterocycles. The highest BCUT2D eigenvalue weighted by atomic mass is 35.5. The Morgan fingerprint density at radius 2 is 1.84 bits per heavy atom. The first-order chi connectivity index (χ1) is 8.54. The van der Waals surface area contributed by atoms with Gasteiger partial charge in [0.2, 0.25) is 11.8 Å². The van der Waals surface area contributed by atoms with Crippen molar-refractivity contribution in [3.05, 3.63) is 0 Å². The molecule has 0 aliphatic carbocycles. The van der Waals surface area contributed by atoms with Crippen LogP contribution in [0.1, 0.15) is 25.7 Å². The molecule has 0 atom stereocenters. The van der Waals surface area contributed by atoms with Crippen LogP contribution in [-0.4, -0.2) is 62.4 Å². The number of carbonyl (C=O) groups excluding carboxylic acids is 2. The summed E-state index contributed by atoms with van der Waals surface area (Å²) in [7, 11) is 5.32. The van der Waals surface area contributed by atoms with E-state index in [0.717, 1.165) is 32.5 Å². The first kappa shape index (κ1) is 18.2. The van der Waals surface area contributed by atoms with E-state index < -0.39 is 0 Å². The standard InChI is InChI=1S/C13H25N3O2.ClH/c1-14-7-4-11-5-8-16(9-6-11)13(18)10-12(17)15(2)3;/h11,14H,4-10H2,1-3H3;1H. The van der Waals surface area contributed by atoms with Gasteiger partial charge < -0.3 is 15.1 Å². The summed E-state index contributed by atoms with van der Waals surface area (Å²) in [5.41, 5.74) is 0. The van der Waals surface area contributed by atoms with Crippen LogP contribution in [0.15, 0.2) is 0 Å². The van der Waals surface area contributed by atoms with E-state index in [1.165, 1.54) is 11.3 Å². The van der Waals surface area contributed by atoms with Gasteiger partial charge in [0.05, 0.1) is 0 Å². The first-order valence-electron chi connectivity index (χ1n) is 6.67. The molecule has 0 aromatic carbocycles. The van der Waals surface area contributed by atoms with Crippen LogP contribution < -0.4 is 5.32 Å². The van der Waals surface area contributed by atoms with Crippen LogP contribution in [0.5, 0.6) is 0 Å². The van der Waals surface area contributed by atoms with E-state index in [-0.39, 0.29) is 30.6 Å². The number of amides is 2. The van der Waals surface area contributed by atoms with Crippen molar-refractivity contribution >= 4 is 24.2 Å². The Bertz CT molecular complexity index is 290. The third-order valence-corrected chi connectivity index (χ3v) is 3.57. The number of likely N-dealkylation sites (tertiary alicyclic amines) is 1. The lowest BCUT2D eigenvalue weighted by Gasteiger charge is -2.32. The van der Waals surface area contributed by atoms with Gasteiger partial charge in [-0.25, -0.2) is 0 Å². The highest BCUT2D eigenvalue weighted by molar-refractivity contribution is 5.96. The highest BCUT2D eigenvalue weighted by Gasteiger charge is 2.24. The van der Waals surface area contributed by atoms with Crippen LogP contribution in [0.4, 0.5) is 0 Å². The third kappa shape index (κ3) is 6.25. The average Bonchev–Trinajstić information content (AvgIpc) is 2.36. The van der Waals surface area contributed by atoms with E-state index >= 15 is 0 Å². The van der Waals surface area contributed by atoms with Crippen molar-refractivity contribution in [1.82, 2.24) is 15.1 Å². The number of nitrogens with zero attached hydrogens (tertiary/aromatic N) is 2. The Hall–Kier alpha value is -0.810. The minimum absolute atomic E-state index is 0. The summed E-state index contributed by atoms with van der Waals surface area (Å²) in [4.78, 5) is 26.7. The highest BCUT2D eigenvalue weighted by Crippen LogP contribution is 2.20. The quantitative estimate of drug-likeness (QED) is 0.760. The van der Waals surface area contributed by atoms with Gasteiger partial charge in [-0.3, -0.25) is 9.59 Å². The molecular weight excluding hydrogens is 266 g/mol. The molecule has 1 aliphatic rings. The fourth-order valence-electron chi connectivity index (χ4n) is 2.22. The molecule has 1 N–H and O–H groups in total. The van der Waals surface area contributed by atoms with Crippen LogP contribution in [0.2, 0.25) is 0 Å². The molecule has 0 spiro atoms. The zero-order valence-corrected chi connectivity index (χ0v) is 13.0. The van der Waals surface area contributed by atoms with E-state index in [1.54, 1.807) is 14.1 Å². The Morgan fingerprint density at radius 1 is 1.26 bits per heavy atom. The average molecular weight is 292 g/mol. The molecule has 1 rings (SSSR count). The van der Waals surface area contributed by atoms with Crippen LogP contribution in [0.25, 0.3) is 0 Å². The van der Waals surface area contributed by atoms with Gasteiger partial charge in [0, 0.05) is 27.2 Å². The molecule has 1 fully saturated rings. The molecule has 0 bridgehead atoms. The van der Waals surface area contributed by atoms with E-state index in [4.69, 9.17) is 0 Å². The van der Waals surface area contributed by atoms with E-state index in [9.17, 15) is 9.59 Å². The number of hydrogen-bond acceptors (Lipinski definition) is 3. The third-order valence-electron chi connectivity index (χ3n) is 3.57. The van der Waals surface area contributed by atoms with Gasteiger partial charge in [-0.1, -0.05) is 0 Å². The molecule has 112 valence electrons. The van der Waals surface area contributed by atoms with Gasteiger partial charge in [0.25, 0.3) is 0 Å². The molecule has 1 heterocycles. The molecule has 0 aromatic heterocycles. The van der Waals surface area contributed by atoms with Crippen LogP contribution in [0, 0.1) is 5.92 Å². The van der Waals surface area contributed by atoms with Crippen molar-refractivity contribution in [2.75, 3.05) is 40.8 Å². The smallest absolute Gasteiger partial charge is 0.232 e. The molecule has 5 nitrogen and oxygen atoms in total. The summed E-state index contributed by atoms with van der Waals surface area (Å²) in [6.45, 7) is 2.64. The molecular formula is C13H26ClN3O2. The lowest BCUT2D eigenvalue weighted by atomic mass is 9.93. The summed E-state index contributed by atoms with van der Waals surface area (Å²) in [5, 5.41) is 3.16. The number of rotatable bonds is 5. The molecule has 1 saturated heterocycles. The van der Waals surface area contributed by atoms with Gasteiger partial charge in [-0.2, -0.15) is 0 Å². The van der Waals surface area contributed by atoms with Crippen molar-refractivity contribution in [2.24, 2.45) is 5.92 Å². The van der Waals surface area contributed by atoms with Gasteiger partial charge in [-0.05, 0) is 38.8 Å². The van der Waals surface area contributed by atoms with E-state index in [1.807, 2.05) is 11.9 Å². The number of hydrogen-bond donors (Lipinski definition) is 1. The van der Waals surface area contributed by atoms with Crippen molar-refractivity contribution in [1.29, 1.82) is 0 Å². The van der Waals surface area contributed by atoms with Crippen LogP contribution in [-0.2, 0) is 9.59 Å². The van der Waals surface area contributed by atoms with Gasteiger partial charge in [0.1, 0.15) is 6.42 Å². The van der Waals surface area contributed by atoms with Gasteiger partial charge >= 0.3 is 0 Å². The molecule has 6 heteroatoms. The topological polar surface area (TPSA) is 52.7 Å². The molecule has 0 radical (unpaired) electrons. The largest absolute Gasteiger partial charge is 0.348 e. The maximum absolute atomic E-state index is 11.9. The zero-order valence-electron chi connectivity index (χ0n) is 12.1. The number of carbonyl (C=O) groups is 2. The Morgan fingerprint density at radius 3 is 2.32 bits per heavy atom. The number of halogens is 1. The minimum Gasteiger partial charge on any atom is -0.348 e. The van der Waals surface area contributed by atoms with Crippen molar-refractivity contribution < 1.29 is 9.59 Å². The maximum Gasteiger partial charge on any atom is 0.232 e. The van der Waals surface area contributed by atoms with E-state index in [0.29, 0.717) is 5.92 Å². The molecule has 19 heavy (non-hydrogen) atoms. The molecule has 0 saturated carbocycles. The normalized spacial score (nSPS) is 15.8. The summed E-state index contributed by atoms with van der Waals surface area (Å²) in [5.74, 6) is 0.573. The minimum atomic E-state index is -0.114. The first-order valence-corrected chi connectivity index (χ1v) is 6.67. The summed E-state index contributed by atoms with van der Waals surface area (Å²) >= 11 is 0. The second-order valence-electron chi connectivity index (χ2n) is 5.18. The lowest BCUT2D eigenvalue weighted by molar-refractivity contribution is -0.140.